The molecule has 0 fully saturated rings. The zero-order valence-corrected chi connectivity index (χ0v) is 11.0. The average molecular weight is 283 g/mol. The summed E-state index contributed by atoms with van der Waals surface area (Å²) in [6.07, 6.45) is 0.360. The van der Waals surface area contributed by atoms with E-state index in [-0.39, 0.29) is 5.82 Å². The Labute approximate surface area is 111 Å². The van der Waals surface area contributed by atoms with E-state index in [2.05, 4.69) is 15.3 Å². The minimum Gasteiger partial charge on any atom is -0.207 e. The van der Waals surface area contributed by atoms with Crippen LogP contribution in [-0.4, -0.2) is 19.8 Å². The van der Waals surface area contributed by atoms with Crippen LogP contribution in [0.1, 0.15) is 16.4 Å². The molecule has 0 aliphatic rings. The van der Waals surface area contributed by atoms with E-state index < -0.39 is 0 Å². The van der Waals surface area contributed by atoms with Gasteiger partial charge in [0.15, 0.2) is 5.82 Å². The molecule has 3 aromatic rings. The van der Waals surface area contributed by atoms with Crippen molar-refractivity contribution in [2.45, 2.75) is 13.3 Å². The lowest BCUT2D eigenvalue weighted by molar-refractivity contribution is 0.613. The molecule has 2 heterocycles. The molecule has 18 heavy (non-hydrogen) atoms. The van der Waals surface area contributed by atoms with Gasteiger partial charge < -0.3 is 0 Å². The Morgan fingerprint density at radius 3 is 2.94 bits per heavy atom. The van der Waals surface area contributed by atoms with Gasteiger partial charge in [-0.25, -0.2) is 4.39 Å². The second kappa shape index (κ2) is 4.29. The lowest BCUT2D eigenvalue weighted by Crippen LogP contribution is -1.96. The van der Waals surface area contributed by atoms with E-state index in [1.807, 2.05) is 6.92 Å². The molecule has 0 bridgehead atoms. The quantitative estimate of drug-likeness (QED) is 0.726. The van der Waals surface area contributed by atoms with Crippen LogP contribution >= 0.6 is 22.9 Å². The number of hydrogen-bond donors (Lipinski definition) is 0. The SMILES string of the molecule is Cc1nnc2sc(Cc3c(F)cccc3Cl)nn12. The van der Waals surface area contributed by atoms with Crippen molar-refractivity contribution in [1.82, 2.24) is 19.8 Å². The molecule has 0 unspecified atom stereocenters. The molecule has 0 saturated heterocycles. The molecule has 0 aliphatic carbocycles. The highest BCUT2D eigenvalue weighted by Gasteiger charge is 2.13. The standard InChI is InChI=1S/C11H8ClFN4S/c1-6-14-15-11-17(6)16-10(18-11)5-7-8(12)3-2-4-9(7)13/h2-4H,5H2,1H3. The maximum Gasteiger partial charge on any atom is 0.234 e. The third-order valence-electron chi connectivity index (χ3n) is 2.58. The summed E-state index contributed by atoms with van der Waals surface area (Å²) in [5, 5.41) is 13.4. The van der Waals surface area contributed by atoms with E-state index in [0.29, 0.717) is 27.8 Å². The van der Waals surface area contributed by atoms with E-state index in [1.165, 1.54) is 17.4 Å². The first-order valence-electron chi connectivity index (χ1n) is 5.26. The number of rotatable bonds is 2. The van der Waals surface area contributed by atoms with Gasteiger partial charge in [0.1, 0.15) is 10.8 Å². The fourth-order valence-corrected chi connectivity index (χ4v) is 2.80. The summed E-state index contributed by atoms with van der Waals surface area (Å²) in [4.78, 5) is 0.704. The van der Waals surface area contributed by atoms with E-state index >= 15 is 0 Å². The van der Waals surface area contributed by atoms with Crippen LogP contribution in [0.4, 0.5) is 4.39 Å². The van der Waals surface area contributed by atoms with Gasteiger partial charge in [0.25, 0.3) is 0 Å². The number of aryl methyl sites for hydroxylation is 1. The highest BCUT2D eigenvalue weighted by atomic mass is 35.5. The van der Waals surface area contributed by atoms with E-state index in [0.717, 1.165) is 5.01 Å². The molecule has 7 heteroatoms. The van der Waals surface area contributed by atoms with Crippen molar-refractivity contribution in [3.05, 3.63) is 45.4 Å². The molecule has 3 rings (SSSR count). The lowest BCUT2D eigenvalue weighted by Gasteiger charge is -2.02. The van der Waals surface area contributed by atoms with Gasteiger partial charge in [0.2, 0.25) is 4.96 Å². The number of nitrogens with zero attached hydrogens (tertiary/aromatic N) is 4. The molecule has 0 atom stereocenters. The number of benzene rings is 1. The van der Waals surface area contributed by atoms with Gasteiger partial charge in [0, 0.05) is 17.0 Å². The Morgan fingerprint density at radius 2 is 2.22 bits per heavy atom. The summed E-state index contributed by atoms with van der Waals surface area (Å²) in [5.41, 5.74) is 0.460. The van der Waals surface area contributed by atoms with Crippen LogP contribution in [0.2, 0.25) is 5.02 Å². The van der Waals surface area contributed by atoms with Crippen molar-refractivity contribution in [2.24, 2.45) is 0 Å². The van der Waals surface area contributed by atoms with Crippen molar-refractivity contribution in [3.8, 4) is 0 Å². The second-order valence-corrected chi connectivity index (χ2v) is 5.26. The van der Waals surface area contributed by atoms with Crippen LogP contribution in [0.15, 0.2) is 18.2 Å². The molecule has 0 saturated carbocycles. The predicted octanol–water partition coefficient (Wildman–Crippen LogP) is 2.88. The molecule has 2 aromatic heterocycles. The van der Waals surface area contributed by atoms with Gasteiger partial charge in [-0.2, -0.15) is 9.61 Å². The molecule has 0 amide bonds. The zero-order valence-electron chi connectivity index (χ0n) is 9.39. The highest BCUT2D eigenvalue weighted by molar-refractivity contribution is 7.16. The van der Waals surface area contributed by atoms with E-state index in [9.17, 15) is 4.39 Å². The Bertz CT molecular complexity index is 701. The predicted molar refractivity (Wildman–Crippen MR) is 67.6 cm³/mol. The minimum atomic E-state index is -0.315. The number of hydrogen-bond acceptors (Lipinski definition) is 4. The summed E-state index contributed by atoms with van der Waals surface area (Å²) in [5.74, 6) is 0.400. The summed E-state index contributed by atoms with van der Waals surface area (Å²) in [6, 6.07) is 4.65. The summed E-state index contributed by atoms with van der Waals surface area (Å²) < 4.78 is 15.3. The monoisotopic (exact) mass is 282 g/mol. The summed E-state index contributed by atoms with van der Waals surface area (Å²) >= 11 is 7.37. The fourth-order valence-electron chi connectivity index (χ4n) is 1.68. The first kappa shape index (κ1) is 11.6. The largest absolute Gasteiger partial charge is 0.234 e. The van der Waals surface area contributed by atoms with Crippen LogP contribution < -0.4 is 0 Å². The van der Waals surface area contributed by atoms with Gasteiger partial charge in [0.05, 0.1) is 0 Å². The second-order valence-electron chi connectivity index (χ2n) is 3.81. The van der Waals surface area contributed by atoms with Gasteiger partial charge in [-0.15, -0.1) is 10.2 Å². The summed E-state index contributed by atoms with van der Waals surface area (Å²) in [6.45, 7) is 1.82. The minimum absolute atomic E-state index is 0.315. The Morgan fingerprint density at radius 1 is 1.39 bits per heavy atom. The molecule has 0 spiro atoms. The maximum absolute atomic E-state index is 13.7. The third kappa shape index (κ3) is 1.87. The number of aromatic nitrogens is 4. The molecule has 0 aliphatic heterocycles. The summed E-state index contributed by atoms with van der Waals surface area (Å²) in [7, 11) is 0. The first-order chi connectivity index (χ1) is 8.65. The van der Waals surface area contributed by atoms with Gasteiger partial charge >= 0.3 is 0 Å². The van der Waals surface area contributed by atoms with Gasteiger partial charge in [-0.05, 0) is 19.1 Å². The molecule has 0 N–H and O–H groups in total. The normalized spacial score (nSPS) is 11.3. The highest BCUT2D eigenvalue weighted by Crippen LogP contribution is 2.24. The van der Waals surface area contributed by atoms with E-state index in [1.54, 1.807) is 16.6 Å². The third-order valence-corrected chi connectivity index (χ3v) is 3.83. The molecule has 1 aromatic carbocycles. The Balaban J connectivity index is 2.01. The van der Waals surface area contributed by atoms with Crippen molar-refractivity contribution in [3.63, 3.8) is 0 Å². The Hall–Kier alpha value is -1.53. The number of halogens is 2. The lowest BCUT2D eigenvalue weighted by atomic mass is 10.1. The van der Waals surface area contributed by atoms with Crippen LogP contribution in [-0.2, 0) is 6.42 Å². The maximum atomic E-state index is 13.7. The molecular weight excluding hydrogens is 275 g/mol. The topological polar surface area (TPSA) is 43.1 Å². The van der Waals surface area contributed by atoms with Crippen molar-refractivity contribution < 1.29 is 4.39 Å². The number of fused-ring (bicyclic) bond motifs is 1. The van der Waals surface area contributed by atoms with Gasteiger partial charge in [-0.3, -0.25) is 0 Å². The smallest absolute Gasteiger partial charge is 0.207 e. The van der Waals surface area contributed by atoms with Crippen LogP contribution in [0, 0.1) is 12.7 Å². The first-order valence-corrected chi connectivity index (χ1v) is 6.45. The Kier molecular flexibility index (Phi) is 2.76. The molecular formula is C11H8ClFN4S. The molecule has 0 radical (unpaired) electrons. The van der Waals surface area contributed by atoms with Crippen LogP contribution in [0.25, 0.3) is 4.96 Å². The average Bonchev–Trinajstić information content (AvgIpc) is 2.87. The molecule has 92 valence electrons. The molecule has 4 nitrogen and oxygen atoms in total. The van der Waals surface area contributed by atoms with Crippen LogP contribution in [0.5, 0.6) is 0 Å². The van der Waals surface area contributed by atoms with Crippen LogP contribution in [0.3, 0.4) is 0 Å². The fraction of sp³-hybridized carbons (Fsp3) is 0.182. The van der Waals surface area contributed by atoms with Gasteiger partial charge in [-0.1, -0.05) is 29.0 Å². The van der Waals surface area contributed by atoms with Crippen molar-refractivity contribution in [1.29, 1.82) is 0 Å². The van der Waals surface area contributed by atoms with Crippen molar-refractivity contribution in [2.75, 3.05) is 0 Å². The van der Waals surface area contributed by atoms with Crippen molar-refractivity contribution >= 4 is 27.9 Å². The van der Waals surface area contributed by atoms with E-state index in [4.69, 9.17) is 11.6 Å². The zero-order chi connectivity index (χ0) is 12.7.